The Hall–Kier alpha value is -5.42. The number of phenols is 1. The summed E-state index contributed by atoms with van der Waals surface area (Å²) >= 11 is 0. The number of nitrogens with zero attached hydrogens (tertiary/aromatic N) is 3. The van der Waals surface area contributed by atoms with Crippen LogP contribution in [0.2, 0.25) is 0 Å². The smallest absolute Gasteiger partial charge is 0.219 e. The van der Waals surface area contributed by atoms with Gasteiger partial charge < -0.3 is 9.84 Å². The Labute approximate surface area is 225 Å². The molecule has 0 saturated carbocycles. The zero-order valence-electron chi connectivity index (χ0n) is 20.9. The summed E-state index contributed by atoms with van der Waals surface area (Å²) in [6.45, 7) is 0. The van der Waals surface area contributed by atoms with E-state index in [-0.39, 0.29) is 5.75 Å². The maximum Gasteiger partial charge on any atom is 0.219 e. The largest absolute Gasteiger partial charge is 0.506 e. The topological polar surface area (TPSA) is 60.2 Å². The Morgan fingerprint density at radius 2 is 1.41 bits per heavy atom. The molecule has 0 spiro atoms. The van der Waals surface area contributed by atoms with Crippen molar-refractivity contribution < 1.29 is 9.84 Å². The number of benzene rings is 4. The molecule has 4 aromatic carbocycles. The summed E-state index contributed by atoms with van der Waals surface area (Å²) in [4.78, 5) is 9.50. The van der Waals surface area contributed by atoms with E-state index < -0.39 is 0 Å². The molecule has 0 amide bonds. The highest BCUT2D eigenvalue weighted by atomic mass is 16.5. The van der Waals surface area contributed by atoms with Crippen molar-refractivity contribution in [2.45, 2.75) is 0 Å². The lowest BCUT2D eigenvalue weighted by atomic mass is 10.1. The maximum atomic E-state index is 10.7. The Morgan fingerprint density at radius 1 is 0.615 bits per heavy atom. The first kappa shape index (κ1) is 22.8. The van der Waals surface area contributed by atoms with Crippen LogP contribution in [0.5, 0.6) is 17.4 Å². The van der Waals surface area contributed by atoms with Crippen molar-refractivity contribution in [1.82, 2.24) is 14.5 Å². The van der Waals surface area contributed by atoms with Crippen LogP contribution >= 0.6 is 0 Å². The number of hydrogen-bond acceptors (Lipinski definition) is 4. The van der Waals surface area contributed by atoms with Crippen LogP contribution in [-0.4, -0.2) is 19.6 Å². The van der Waals surface area contributed by atoms with Gasteiger partial charge in [0.25, 0.3) is 0 Å². The third-order valence-electron chi connectivity index (χ3n) is 6.84. The van der Waals surface area contributed by atoms with E-state index in [1.54, 1.807) is 12.3 Å². The average molecular weight is 506 g/mol. The highest BCUT2D eigenvalue weighted by Crippen LogP contribution is 2.36. The van der Waals surface area contributed by atoms with E-state index in [0.717, 1.165) is 44.3 Å². The third-order valence-corrected chi connectivity index (χ3v) is 6.84. The predicted octanol–water partition coefficient (Wildman–Crippen LogP) is 8.41. The lowest BCUT2D eigenvalue weighted by molar-refractivity contribution is 0.463. The number of para-hydroxylation sites is 3. The number of fused-ring (bicyclic) bond motifs is 3. The number of hydrogen-bond donors (Lipinski definition) is 1. The molecule has 0 unspecified atom stereocenters. The lowest BCUT2D eigenvalue weighted by Gasteiger charge is -2.10. The molecule has 0 aliphatic rings. The third kappa shape index (κ3) is 4.16. The van der Waals surface area contributed by atoms with Gasteiger partial charge in [-0.15, -0.1) is 0 Å². The Bertz CT molecular complexity index is 1960. The van der Waals surface area contributed by atoms with E-state index in [2.05, 4.69) is 29.2 Å². The van der Waals surface area contributed by atoms with Crippen molar-refractivity contribution in [2.75, 3.05) is 0 Å². The minimum atomic E-state index is 0.202. The Balaban J connectivity index is 1.29. The van der Waals surface area contributed by atoms with Crippen LogP contribution < -0.4 is 4.74 Å². The van der Waals surface area contributed by atoms with Crippen molar-refractivity contribution in [3.8, 4) is 45.5 Å². The number of ether oxygens (including phenoxy) is 1. The summed E-state index contributed by atoms with van der Waals surface area (Å²) in [7, 11) is 0. The fourth-order valence-electron chi connectivity index (χ4n) is 5.01. The van der Waals surface area contributed by atoms with Crippen molar-refractivity contribution in [1.29, 1.82) is 0 Å². The molecular formula is C34H23N3O2. The van der Waals surface area contributed by atoms with E-state index in [1.807, 2.05) is 102 Å². The predicted molar refractivity (Wildman–Crippen MR) is 155 cm³/mol. The number of rotatable bonds is 5. The minimum Gasteiger partial charge on any atom is -0.506 e. The van der Waals surface area contributed by atoms with Crippen molar-refractivity contribution in [3.63, 3.8) is 0 Å². The quantitative estimate of drug-likeness (QED) is 0.255. The fraction of sp³-hybridized carbons (Fsp3) is 0. The van der Waals surface area contributed by atoms with Crippen molar-refractivity contribution >= 4 is 21.9 Å². The first-order valence-electron chi connectivity index (χ1n) is 12.7. The SMILES string of the molecule is Oc1ccccc1-n1c2ccccc2c2ccc(-c3cccc(Oc4cc(-c5ccccc5)ccn4)c3)nc21. The Morgan fingerprint density at radius 3 is 2.31 bits per heavy atom. The van der Waals surface area contributed by atoms with E-state index >= 15 is 0 Å². The molecule has 39 heavy (non-hydrogen) atoms. The highest BCUT2D eigenvalue weighted by molar-refractivity contribution is 6.08. The molecule has 5 nitrogen and oxygen atoms in total. The van der Waals surface area contributed by atoms with Crippen LogP contribution in [0.25, 0.3) is 50.0 Å². The second-order valence-electron chi connectivity index (χ2n) is 9.29. The molecule has 0 radical (unpaired) electrons. The van der Waals surface area contributed by atoms with Crippen molar-refractivity contribution in [3.05, 3.63) is 134 Å². The number of phenolic OH excluding ortho intramolecular Hbond substituents is 1. The Kier molecular flexibility index (Phi) is 5.52. The monoisotopic (exact) mass is 505 g/mol. The van der Waals surface area contributed by atoms with Gasteiger partial charge in [0.2, 0.25) is 5.88 Å². The van der Waals surface area contributed by atoms with Crippen LogP contribution in [0.3, 0.4) is 0 Å². The van der Waals surface area contributed by atoms with Gasteiger partial charge in [-0.2, -0.15) is 0 Å². The summed E-state index contributed by atoms with van der Waals surface area (Å²) in [5.74, 6) is 1.40. The summed E-state index contributed by atoms with van der Waals surface area (Å²) in [5, 5.41) is 12.8. The molecule has 0 saturated heterocycles. The van der Waals surface area contributed by atoms with Gasteiger partial charge in [0.15, 0.2) is 0 Å². The standard InChI is InChI=1S/C34H23N3O2/c38-32-16-7-6-15-31(32)37-30-14-5-4-13-27(30)28-17-18-29(36-34(28)37)25-11-8-12-26(21-25)39-33-22-24(19-20-35-33)23-9-2-1-3-10-23/h1-22,38H. The van der Waals surface area contributed by atoms with Crippen LogP contribution in [-0.2, 0) is 0 Å². The van der Waals surface area contributed by atoms with Gasteiger partial charge in [-0.25, -0.2) is 9.97 Å². The summed E-state index contributed by atoms with van der Waals surface area (Å²) < 4.78 is 8.19. The number of aromatic nitrogens is 3. The zero-order valence-corrected chi connectivity index (χ0v) is 20.9. The molecule has 0 aliphatic heterocycles. The summed E-state index contributed by atoms with van der Waals surface area (Å²) in [5.41, 5.74) is 6.33. The van der Waals surface area contributed by atoms with Gasteiger partial charge in [-0.3, -0.25) is 4.57 Å². The lowest BCUT2D eigenvalue weighted by Crippen LogP contribution is -1.97. The van der Waals surface area contributed by atoms with Crippen LogP contribution in [0, 0.1) is 0 Å². The van der Waals surface area contributed by atoms with Gasteiger partial charge in [-0.05, 0) is 59.7 Å². The summed E-state index contributed by atoms with van der Waals surface area (Å²) in [6.07, 6.45) is 1.76. The van der Waals surface area contributed by atoms with Gasteiger partial charge in [-0.1, -0.05) is 72.8 Å². The first-order valence-corrected chi connectivity index (χ1v) is 12.7. The van der Waals surface area contributed by atoms with E-state index in [1.165, 1.54) is 0 Å². The summed E-state index contributed by atoms with van der Waals surface area (Å²) in [6, 6.07) is 41.5. The minimum absolute atomic E-state index is 0.202. The molecule has 7 rings (SSSR count). The van der Waals surface area contributed by atoms with Gasteiger partial charge in [0.1, 0.15) is 17.1 Å². The molecule has 5 heteroatoms. The number of aromatic hydroxyl groups is 1. The molecule has 0 aliphatic carbocycles. The van der Waals surface area contributed by atoms with Crippen LogP contribution in [0.15, 0.2) is 134 Å². The molecule has 0 atom stereocenters. The van der Waals surface area contributed by atoms with Crippen LogP contribution in [0.4, 0.5) is 0 Å². The molecule has 3 aromatic heterocycles. The zero-order chi connectivity index (χ0) is 26.2. The molecule has 186 valence electrons. The second-order valence-corrected chi connectivity index (χ2v) is 9.29. The second kappa shape index (κ2) is 9.47. The molecule has 0 bridgehead atoms. The van der Waals surface area contributed by atoms with E-state index in [9.17, 15) is 5.11 Å². The van der Waals surface area contributed by atoms with Gasteiger partial charge >= 0.3 is 0 Å². The normalized spacial score (nSPS) is 11.2. The number of pyridine rings is 2. The van der Waals surface area contributed by atoms with Crippen LogP contribution in [0.1, 0.15) is 0 Å². The van der Waals surface area contributed by atoms with Crippen molar-refractivity contribution in [2.24, 2.45) is 0 Å². The highest BCUT2D eigenvalue weighted by Gasteiger charge is 2.16. The van der Waals surface area contributed by atoms with E-state index in [4.69, 9.17) is 9.72 Å². The molecule has 7 aromatic rings. The van der Waals surface area contributed by atoms with Gasteiger partial charge in [0.05, 0.1) is 16.9 Å². The fourth-order valence-corrected chi connectivity index (χ4v) is 5.01. The van der Waals surface area contributed by atoms with E-state index in [0.29, 0.717) is 17.3 Å². The average Bonchev–Trinajstić information content (AvgIpc) is 3.32. The molecule has 1 N–H and O–H groups in total. The van der Waals surface area contributed by atoms with Gasteiger partial charge in [0, 0.05) is 28.6 Å². The first-order chi connectivity index (χ1) is 19.2. The molecule has 0 fully saturated rings. The maximum absolute atomic E-state index is 10.7. The molecular weight excluding hydrogens is 482 g/mol. The molecule has 3 heterocycles.